The Morgan fingerprint density at radius 3 is 2.71 bits per heavy atom. The fraction of sp³-hybridized carbons (Fsp3) is 0.143. The first-order chi connectivity index (χ1) is 8.34. The fourth-order valence-electron chi connectivity index (χ4n) is 2.18. The first kappa shape index (κ1) is 10.0. The normalized spacial score (nSPS) is 18.4. The number of hydrogen-bond donors (Lipinski definition) is 1. The molecule has 0 unspecified atom stereocenters. The highest BCUT2D eigenvalue weighted by Gasteiger charge is 2.24. The maximum absolute atomic E-state index is 12.0. The summed E-state index contributed by atoms with van der Waals surface area (Å²) >= 11 is 0. The lowest BCUT2D eigenvalue weighted by Crippen LogP contribution is -2.22. The van der Waals surface area contributed by atoms with Gasteiger partial charge in [0.25, 0.3) is 0 Å². The first-order valence-corrected chi connectivity index (χ1v) is 5.63. The van der Waals surface area contributed by atoms with E-state index in [1.807, 2.05) is 36.4 Å². The number of hydrogen-bond acceptors (Lipinski definition) is 3. The lowest BCUT2D eigenvalue weighted by molar-refractivity contribution is 0.0972. The molecular weight excluding hydrogens is 212 g/mol. The molecule has 0 spiro atoms. The molecule has 0 amide bonds. The number of rotatable bonds is 1. The summed E-state index contributed by atoms with van der Waals surface area (Å²) in [5, 5.41) is 3.40. The molecule has 2 heterocycles. The van der Waals surface area contributed by atoms with Gasteiger partial charge >= 0.3 is 0 Å². The van der Waals surface area contributed by atoms with Gasteiger partial charge in [-0.05, 0) is 29.8 Å². The number of ketones is 1. The highest BCUT2D eigenvalue weighted by Crippen LogP contribution is 2.31. The molecule has 84 valence electrons. The van der Waals surface area contributed by atoms with Crippen LogP contribution in [-0.4, -0.2) is 10.8 Å². The van der Waals surface area contributed by atoms with Crippen LogP contribution < -0.4 is 5.32 Å². The number of pyridine rings is 1. The highest BCUT2D eigenvalue weighted by atomic mass is 16.1. The van der Waals surface area contributed by atoms with Gasteiger partial charge in [-0.3, -0.25) is 9.78 Å². The SMILES string of the molecule is O=C1C[C@@H](c2ccncc2)Nc2ccccc21. The molecule has 2 aromatic rings. The molecule has 1 aliphatic rings. The van der Waals surface area contributed by atoms with Crippen LogP contribution in [-0.2, 0) is 0 Å². The molecule has 1 aliphatic heterocycles. The number of para-hydroxylation sites is 1. The number of anilines is 1. The third-order valence-electron chi connectivity index (χ3n) is 3.06. The fourth-order valence-corrected chi connectivity index (χ4v) is 2.18. The Bertz CT molecular complexity index is 551. The van der Waals surface area contributed by atoms with Crippen LogP contribution in [0.2, 0.25) is 0 Å². The number of aromatic nitrogens is 1. The van der Waals surface area contributed by atoms with E-state index in [4.69, 9.17) is 0 Å². The average molecular weight is 224 g/mol. The Kier molecular flexibility index (Phi) is 2.37. The molecule has 17 heavy (non-hydrogen) atoms. The van der Waals surface area contributed by atoms with E-state index in [0.29, 0.717) is 6.42 Å². The Balaban J connectivity index is 1.97. The van der Waals surface area contributed by atoms with Gasteiger partial charge in [-0.15, -0.1) is 0 Å². The third-order valence-corrected chi connectivity index (χ3v) is 3.06. The molecular formula is C14H12N2O. The van der Waals surface area contributed by atoms with Gasteiger partial charge < -0.3 is 5.32 Å². The van der Waals surface area contributed by atoms with Crippen molar-refractivity contribution < 1.29 is 4.79 Å². The summed E-state index contributed by atoms with van der Waals surface area (Å²) in [6, 6.07) is 11.6. The van der Waals surface area contributed by atoms with E-state index in [1.165, 1.54) is 0 Å². The Hall–Kier alpha value is -2.16. The van der Waals surface area contributed by atoms with Crippen LogP contribution in [0.4, 0.5) is 5.69 Å². The summed E-state index contributed by atoms with van der Waals surface area (Å²) in [4.78, 5) is 16.0. The van der Waals surface area contributed by atoms with E-state index in [0.717, 1.165) is 16.8 Å². The van der Waals surface area contributed by atoms with Crippen LogP contribution >= 0.6 is 0 Å². The predicted molar refractivity (Wildman–Crippen MR) is 66.0 cm³/mol. The predicted octanol–water partition coefficient (Wildman–Crippen LogP) is 2.82. The second-order valence-corrected chi connectivity index (χ2v) is 4.15. The van der Waals surface area contributed by atoms with Crippen molar-refractivity contribution in [3.8, 4) is 0 Å². The summed E-state index contributed by atoms with van der Waals surface area (Å²) in [5.74, 6) is 0.196. The van der Waals surface area contributed by atoms with Crippen molar-refractivity contribution in [2.45, 2.75) is 12.5 Å². The van der Waals surface area contributed by atoms with Crippen molar-refractivity contribution in [3.63, 3.8) is 0 Å². The summed E-state index contributed by atoms with van der Waals surface area (Å²) < 4.78 is 0. The number of carbonyl (C=O) groups is 1. The summed E-state index contributed by atoms with van der Waals surface area (Å²) in [7, 11) is 0. The quantitative estimate of drug-likeness (QED) is 0.809. The largest absolute Gasteiger partial charge is 0.377 e. The third kappa shape index (κ3) is 1.80. The molecule has 0 fully saturated rings. The van der Waals surface area contributed by atoms with E-state index in [1.54, 1.807) is 12.4 Å². The highest BCUT2D eigenvalue weighted by molar-refractivity contribution is 6.03. The van der Waals surface area contributed by atoms with E-state index in [2.05, 4.69) is 10.3 Å². The summed E-state index contributed by atoms with van der Waals surface area (Å²) in [6.07, 6.45) is 4.00. The van der Waals surface area contributed by atoms with Gasteiger partial charge in [-0.2, -0.15) is 0 Å². The van der Waals surface area contributed by atoms with Crippen molar-refractivity contribution in [2.24, 2.45) is 0 Å². The lowest BCUT2D eigenvalue weighted by Gasteiger charge is -2.26. The second kappa shape index (κ2) is 4.01. The minimum absolute atomic E-state index is 0.0559. The van der Waals surface area contributed by atoms with E-state index < -0.39 is 0 Å². The number of nitrogens with zero attached hydrogens (tertiary/aromatic N) is 1. The smallest absolute Gasteiger partial charge is 0.167 e. The minimum Gasteiger partial charge on any atom is -0.377 e. The molecule has 3 rings (SSSR count). The zero-order valence-corrected chi connectivity index (χ0v) is 9.26. The van der Waals surface area contributed by atoms with Gasteiger partial charge in [0.2, 0.25) is 0 Å². The second-order valence-electron chi connectivity index (χ2n) is 4.15. The van der Waals surface area contributed by atoms with Gasteiger partial charge in [0.15, 0.2) is 5.78 Å². The molecule has 1 atom stereocenters. The van der Waals surface area contributed by atoms with Crippen LogP contribution in [0.25, 0.3) is 0 Å². The standard InChI is InChI=1S/C14H12N2O/c17-14-9-13(10-5-7-15-8-6-10)16-12-4-2-1-3-11(12)14/h1-8,13,16H,9H2/t13-/m0/s1. The molecule has 1 aromatic heterocycles. The van der Waals surface area contributed by atoms with Crippen LogP contribution in [0.15, 0.2) is 48.8 Å². The molecule has 0 saturated carbocycles. The topological polar surface area (TPSA) is 42.0 Å². The van der Waals surface area contributed by atoms with Crippen molar-refractivity contribution in [2.75, 3.05) is 5.32 Å². The van der Waals surface area contributed by atoms with Crippen molar-refractivity contribution in [1.29, 1.82) is 0 Å². The van der Waals surface area contributed by atoms with Crippen molar-refractivity contribution in [1.82, 2.24) is 4.98 Å². The number of nitrogens with one attached hydrogen (secondary N) is 1. The van der Waals surface area contributed by atoms with Crippen LogP contribution in [0, 0.1) is 0 Å². The molecule has 3 heteroatoms. The lowest BCUT2D eigenvalue weighted by atomic mass is 9.93. The van der Waals surface area contributed by atoms with E-state index in [-0.39, 0.29) is 11.8 Å². The summed E-state index contributed by atoms with van der Waals surface area (Å²) in [6.45, 7) is 0. The summed E-state index contributed by atoms with van der Waals surface area (Å²) in [5.41, 5.74) is 2.81. The zero-order valence-electron chi connectivity index (χ0n) is 9.26. The maximum Gasteiger partial charge on any atom is 0.167 e. The first-order valence-electron chi connectivity index (χ1n) is 5.63. The number of Topliss-reactive ketones (excluding diaryl/α,β-unsaturated/α-hetero) is 1. The Labute approximate surface area is 99.5 Å². The van der Waals surface area contributed by atoms with Crippen LogP contribution in [0.3, 0.4) is 0 Å². The number of carbonyl (C=O) groups excluding carboxylic acids is 1. The van der Waals surface area contributed by atoms with Gasteiger partial charge in [-0.1, -0.05) is 12.1 Å². The minimum atomic E-state index is 0.0559. The molecule has 0 radical (unpaired) electrons. The van der Waals surface area contributed by atoms with E-state index >= 15 is 0 Å². The maximum atomic E-state index is 12.0. The van der Waals surface area contributed by atoms with Crippen LogP contribution in [0.5, 0.6) is 0 Å². The Morgan fingerprint density at radius 2 is 1.88 bits per heavy atom. The Morgan fingerprint density at radius 1 is 1.12 bits per heavy atom. The van der Waals surface area contributed by atoms with Gasteiger partial charge in [-0.25, -0.2) is 0 Å². The molecule has 0 aliphatic carbocycles. The van der Waals surface area contributed by atoms with E-state index in [9.17, 15) is 4.79 Å². The van der Waals surface area contributed by atoms with Crippen molar-refractivity contribution >= 4 is 11.5 Å². The van der Waals surface area contributed by atoms with Gasteiger partial charge in [0.05, 0.1) is 6.04 Å². The molecule has 1 aromatic carbocycles. The van der Waals surface area contributed by atoms with Crippen molar-refractivity contribution in [3.05, 3.63) is 59.9 Å². The van der Waals surface area contributed by atoms with Gasteiger partial charge in [0.1, 0.15) is 0 Å². The molecule has 0 bridgehead atoms. The zero-order chi connectivity index (χ0) is 11.7. The number of benzene rings is 1. The van der Waals surface area contributed by atoms with Crippen LogP contribution in [0.1, 0.15) is 28.4 Å². The van der Waals surface area contributed by atoms with Gasteiger partial charge in [0, 0.05) is 30.1 Å². The monoisotopic (exact) mass is 224 g/mol. The molecule has 0 saturated heterocycles. The average Bonchev–Trinajstić information content (AvgIpc) is 2.40. The molecule has 1 N–H and O–H groups in total. The molecule has 3 nitrogen and oxygen atoms in total. The number of fused-ring (bicyclic) bond motifs is 1.